The van der Waals surface area contributed by atoms with Crippen molar-refractivity contribution in [2.75, 3.05) is 26.3 Å². The lowest BCUT2D eigenvalue weighted by Crippen LogP contribution is -2.54. The zero-order valence-corrected chi connectivity index (χ0v) is 12.5. The highest BCUT2D eigenvalue weighted by Gasteiger charge is 2.41. The van der Waals surface area contributed by atoms with Crippen molar-refractivity contribution in [2.24, 2.45) is 5.92 Å². The number of carbonyl (C=O) groups excluding carboxylic acids is 2. The summed E-state index contributed by atoms with van der Waals surface area (Å²) in [4.78, 5) is 38.8. The molecular weight excluding hydrogens is 304 g/mol. The molecule has 2 aliphatic rings. The van der Waals surface area contributed by atoms with Crippen LogP contribution in [-0.4, -0.2) is 65.0 Å². The third-order valence-corrected chi connectivity index (χ3v) is 4.19. The van der Waals surface area contributed by atoms with Crippen LogP contribution in [0.1, 0.15) is 12.2 Å². The molecule has 3 heterocycles. The second-order valence-electron chi connectivity index (χ2n) is 5.72. The molecule has 8 heteroatoms. The van der Waals surface area contributed by atoms with Crippen LogP contribution in [0.25, 0.3) is 0 Å². The van der Waals surface area contributed by atoms with E-state index in [1.807, 2.05) is 0 Å². The molecule has 2 amide bonds. The number of carboxylic acid groups (broad SMARTS) is 1. The van der Waals surface area contributed by atoms with Crippen molar-refractivity contribution in [3.8, 4) is 0 Å². The van der Waals surface area contributed by atoms with Gasteiger partial charge in [-0.15, -0.1) is 0 Å². The molecule has 2 fully saturated rings. The molecule has 0 unspecified atom stereocenters. The number of nitrogens with zero attached hydrogens (tertiary/aromatic N) is 2. The molecule has 0 saturated carbocycles. The van der Waals surface area contributed by atoms with Crippen molar-refractivity contribution in [3.05, 3.63) is 24.2 Å². The minimum Gasteiger partial charge on any atom is -0.480 e. The predicted octanol–water partition coefficient (Wildman–Crippen LogP) is -0.0599. The van der Waals surface area contributed by atoms with Crippen LogP contribution in [0.4, 0.5) is 0 Å². The molecule has 2 atom stereocenters. The van der Waals surface area contributed by atoms with Crippen molar-refractivity contribution >= 4 is 17.8 Å². The molecule has 3 rings (SSSR count). The van der Waals surface area contributed by atoms with E-state index >= 15 is 0 Å². The van der Waals surface area contributed by atoms with Gasteiger partial charge in [0.1, 0.15) is 5.76 Å². The fraction of sp³-hybridized carbons (Fsp3) is 0.533. The number of hydrogen-bond donors (Lipinski definition) is 1. The normalized spacial score (nSPS) is 25.0. The number of amides is 2. The summed E-state index contributed by atoms with van der Waals surface area (Å²) in [7, 11) is 0. The lowest BCUT2D eigenvalue weighted by atomic mass is 10.1. The molecule has 0 aliphatic carbocycles. The maximum absolute atomic E-state index is 12.6. The van der Waals surface area contributed by atoms with Gasteiger partial charge in [-0.3, -0.25) is 9.59 Å². The molecule has 1 N–H and O–H groups in total. The number of carboxylic acids is 1. The number of ether oxygens (including phenoxy) is 1. The molecule has 23 heavy (non-hydrogen) atoms. The van der Waals surface area contributed by atoms with Gasteiger partial charge in [0.2, 0.25) is 11.8 Å². The van der Waals surface area contributed by atoms with Gasteiger partial charge in [0.25, 0.3) is 0 Å². The molecule has 2 aliphatic heterocycles. The number of likely N-dealkylation sites (tertiary alicyclic amines) is 1. The van der Waals surface area contributed by atoms with Crippen LogP contribution >= 0.6 is 0 Å². The van der Waals surface area contributed by atoms with E-state index in [9.17, 15) is 19.5 Å². The van der Waals surface area contributed by atoms with Crippen LogP contribution in [0.2, 0.25) is 0 Å². The highest BCUT2D eigenvalue weighted by atomic mass is 16.5. The van der Waals surface area contributed by atoms with Crippen LogP contribution in [0, 0.1) is 5.92 Å². The molecule has 8 nitrogen and oxygen atoms in total. The fourth-order valence-electron chi connectivity index (χ4n) is 2.99. The maximum atomic E-state index is 12.6. The lowest BCUT2D eigenvalue weighted by molar-refractivity contribution is -0.160. The van der Waals surface area contributed by atoms with Crippen LogP contribution in [0.3, 0.4) is 0 Å². The molecule has 0 radical (unpaired) electrons. The lowest BCUT2D eigenvalue weighted by Gasteiger charge is -2.34. The van der Waals surface area contributed by atoms with Gasteiger partial charge in [0.05, 0.1) is 31.9 Å². The second kappa shape index (κ2) is 6.41. The molecule has 1 aromatic rings. The van der Waals surface area contributed by atoms with E-state index in [0.29, 0.717) is 18.9 Å². The largest absolute Gasteiger partial charge is 0.480 e. The third kappa shape index (κ3) is 3.21. The Kier molecular flexibility index (Phi) is 4.33. The molecule has 0 bridgehead atoms. The first kappa shape index (κ1) is 15.5. The van der Waals surface area contributed by atoms with Crippen LogP contribution < -0.4 is 0 Å². The fourth-order valence-corrected chi connectivity index (χ4v) is 2.99. The minimum atomic E-state index is -1.09. The average molecular weight is 322 g/mol. The van der Waals surface area contributed by atoms with E-state index in [0.717, 1.165) is 0 Å². The van der Waals surface area contributed by atoms with Crippen molar-refractivity contribution in [1.29, 1.82) is 0 Å². The Balaban J connectivity index is 1.66. The monoisotopic (exact) mass is 322 g/mol. The quantitative estimate of drug-likeness (QED) is 0.833. The number of hydrogen-bond acceptors (Lipinski definition) is 5. The molecule has 124 valence electrons. The Morgan fingerprint density at radius 2 is 2.22 bits per heavy atom. The summed E-state index contributed by atoms with van der Waals surface area (Å²) in [5, 5.41) is 9.21. The number of aliphatic carboxylic acids is 1. The zero-order valence-electron chi connectivity index (χ0n) is 12.5. The highest BCUT2D eigenvalue weighted by Crippen LogP contribution is 2.24. The van der Waals surface area contributed by atoms with E-state index in [-0.39, 0.29) is 37.9 Å². The molecule has 0 spiro atoms. The van der Waals surface area contributed by atoms with E-state index in [2.05, 4.69) is 0 Å². The summed E-state index contributed by atoms with van der Waals surface area (Å²) in [6, 6.07) is 2.53. The molecular formula is C15H18N2O6. The van der Waals surface area contributed by atoms with Crippen LogP contribution in [-0.2, 0) is 25.7 Å². The van der Waals surface area contributed by atoms with Crippen LogP contribution in [0.5, 0.6) is 0 Å². The minimum absolute atomic E-state index is 0.0160. The summed E-state index contributed by atoms with van der Waals surface area (Å²) in [6.45, 7) is 1.13. The van der Waals surface area contributed by atoms with E-state index in [4.69, 9.17) is 9.15 Å². The van der Waals surface area contributed by atoms with Gasteiger partial charge < -0.3 is 24.1 Å². The van der Waals surface area contributed by atoms with Gasteiger partial charge >= 0.3 is 5.97 Å². The van der Waals surface area contributed by atoms with Crippen molar-refractivity contribution in [3.63, 3.8) is 0 Å². The van der Waals surface area contributed by atoms with Crippen molar-refractivity contribution < 1.29 is 28.6 Å². The smallest absolute Gasteiger partial charge is 0.328 e. The Hall–Kier alpha value is -2.35. The highest BCUT2D eigenvalue weighted by molar-refractivity contribution is 5.91. The SMILES string of the molecule is O=C(O)[C@@H]1COCCN1C(=O)[C@@H]1CC(=O)N(Cc2ccco2)C1. The Morgan fingerprint density at radius 1 is 1.39 bits per heavy atom. The predicted molar refractivity (Wildman–Crippen MR) is 76.2 cm³/mol. The van der Waals surface area contributed by atoms with Gasteiger partial charge in [-0.25, -0.2) is 4.79 Å². The Labute approximate surface area is 132 Å². The van der Waals surface area contributed by atoms with Gasteiger partial charge in [-0.2, -0.15) is 0 Å². The molecule has 1 aromatic heterocycles. The van der Waals surface area contributed by atoms with E-state index in [1.54, 1.807) is 17.0 Å². The summed E-state index contributed by atoms with van der Waals surface area (Å²) in [5.74, 6) is -1.37. The summed E-state index contributed by atoms with van der Waals surface area (Å²) in [5.41, 5.74) is 0. The number of rotatable bonds is 4. The van der Waals surface area contributed by atoms with E-state index < -0.39 is 17.9 Å². The summed E-state index contributed by atoms with van der Waals surface area (Å²) in [6.07, 6.45) is 1.63. The third-order valence-electron chi connectivity index (χ3n) is 4.19. The first-order chi connectivity index (χ1) is 11.1. The summed E-state index contributed by atoms with van der Waals surface area (Å²) >= 11 is 0. The zero-order chi connectivity index (χ0) is 16.4. The van der Waals surface area contributed by atoms with Gasteiger partial charge in [-0.05, 0) is 12.1 Å². The standard InChI is InChI=1S/C15H18N2O6/c18-13-6-10(7-16(13)8-11-2-1-4-23-11)14(19)17-3-5-22-9-12(17)15(20)21/h1-2,4,10,12H,3,5-9H2,(H,20,21)/t10-,12+/m1/s1. The number of furan rings is 1. The van der Waals surface area contributed by atoms with Gasteiger partial charge in [-0.1, -0.05) is 0 Å². The first-order valence-electron chi connectivity index (χ1n) is 7.47. The van der Waals surface area contributed by atoms with Gasteiger partial charge in [0.15, 0.2) is 6.04 Å². The Morgan fingerprint density at radius 3 is 2.91 bits per heavy atom. The van der Waals surface area contributed by atoms with Crippen molar-refractivity contribution in [1.82, 2.24) is 9.80 Å². The van der Waals surface area contributed by atoms with Crippen LogP contribution in [0.15, 0.2) is 22.8 Å². The maximum Gasteiger partial charge on any atom is 0.328 e. The van der Waals surface area contributed by atoms with Crippen molar-refractivity contribution in [2.45, 2.75) is 19.0 Å². The number of carbonyl (C=O) groups is 3. The second-order valence-corrected chi connectivity index (χ2v) is 5.72. The number of morpholine rings is 1. The Bertz CT molecular complexity index is 599. The molecule has 2 saturated heterocycles. The first-order valence-corrected chi connectivity index (χ1v) is 7.47. The average Bonchev–Trinajstić information content (AvgIpc) is 3.17. The summed E-state index contributed by atoms with van der Waals surface area (Å²) < 4.78 is 10.4. The van der Waals surface area contributed by atoms with Gasteiger partial charge in [0, 0.05) is 19.5 Å². The molecule has 0 aromatic carbocycles. The van der Waals surface area contributed by atoms with E-state index in [1.165, 1.54) is 11.2 Å². The topological polar surface area (TPSA) is 100 Å².